The number of anilines is 2. The number of benzene rings is 2. The summed E-state index contributed by atoms with van der Waals surface area (Å²) < 4.78 is 0. The predicted molar refractivity (Wildman–Crippen MR) is 103 cm³/mol. The first-order chi connectivity index (χ1) is 12.9. The van der Waals surface area contributed by atoms with Gasteiger partial charge in [-0.15, -0.1) is 0 Å². The molecule has 0 unspecified atom stereocenters. The second-order valence-electron chi connectivity index (χ2n) is 6.54. The van der Waals surface area contributed by atoms with Crippen LogP contribution in [-0.4, -0.2) is 29.4 Å². The molecule has 2 atom stereocenters. The van der Waals surface area contributed by atoms with E-state index in [4.69, 9.17) is 11.6 Å². The van der Waals surface area contributed by atoms with Crippen molar-refractivity contribution in [2.75, 3.05) is 9.91 Å². The topological polar surface area (TPSA) is 70.1 Å². The van der Waals surface area contributed by atoms with Gasteiger partial charge in [-0.2, -0.15) is 5.10 Å². The standard InChI is InChI=1S/C20H16ClN3O3/c1-11-14(21)9-6-10-15(11)24-18-16(17(22-24)12(2)25)19(26)23(20(18)27)13-7-4-3-5-8-13/h3-10,16,18H,1-2H3/t16-,18+/m1/s1. The summed E-state index contributed by atoms with van der Waals surface area (Å²) in [4.78, 5) is 39.5. The van der Waals surface area contributed by atoms with Crippen LogP contribution in [0, 0.1) is 12.8 Å². The fraction of sp³-hybridized carbons (Fsp3) is 0.200. The molecule has 0 saturated carbocycles. The Hall–Kier alpha value is -2.99. The summed E-state index contributed by atoms with van der Waals surface area (Å²) in [5, 5.41) is 6.33. The molecule has 136 valence electrons. The maximum atomic E-state index is 13.2. The number of fused-ring (bicyclic) bond motifs is 1. The number of nitrogens with zero attached hydrogens (tertiary/aromatic N) is 3. The molecule has 27 heavy (non-hydrogen) atoms. The molecule has 0 bridgehead atoms. The highest BCUT2D eigenvalue weighted by Crippen LogP contribution is 2.39. The molecule has 1 saturated heterocycles. The van der Waals surface area contributed by atoms with E-state index in [9.17, 15) is 14.4 Å². The second kappa shape index (κ2) is 6.32. The number of imide groups is 1. The van der Waals surface area contributed by atoms with Crippen molar-refractivity contribution in [1.82, 2.24) is 0 Å². The third-order valence-corrected chi connectivity index (χ3v) is 5.32. The van der Waals surface area contributed by atoms with Gasteiger partial charge in [-0.1, -0.05) is 35.9 Å². The fourth-order valence-electron chi connectivity index (χ4n) is 3.58. The van der Waals surface area contributed by atoms with Gasteiger partial charge in [-0.05, 0) is 36.8 Å². The van der Waals surface area contributed by atoms with Crippen LogP contribution in [0.15, 0.2) is 53.6 Å². The first kappa shape index (κ1) is 17.4. The molecular formula is C20H16ClN3O3. The largest absolute Gasteiger partial charge is 0.293 e. The van der Waals surface area contributed by atoms with Gasteiger partial charge >= 0.3 is 0 Å². The van der Waals surface area contributed by atoms with Gasteiger partial charge in [0.25, 0.3) is 5.91 Å². The zero-order valence-corrected chi connectivity index (χ0v) is 15.5. The SMILES string of the molecule is CC(=O)C1=NN(c2cccc(Cl)c2C)[C@@H]2C(=O)N(c3ccccc3)C(=O)[C@H]12. The Morgan fingerprint density at radius 1 is 1.04 bits per heavy atom. The van der Waals surface area contributed by atoms with Gasteiger partial charge in [0.15, 0.2) is 5.78 Å². The Morgan fingerprint density at radius 2 is 1.74 bits per heavy atom. The highest BCUT2D eigenvalue weighted by molar-refractivity contribution is 6.49. The smallest absolute Gasteiger partial charge is 0.259 e. The Bertz CT molecular complexity index is 1000. The minimum absolute atomic E-state index is 0.0937. The van der Waals surface area contributed by atoms with Crippen molar-refractivity contribution in [3.05, 3.63) is 59.1 Å². The van der Waals surface area contributed by atoms with Gasteiger partial charge in [0.2, 0.25) is 5.91 Å². The number of amides is 2. The highest BCUT2D eigenvalue weighted by atomic mass is 35.5. The van der Waals surface area contributed by atoms with Gasteiger partial charge < -0.3 is 0 Å². The van der Waals surface area contributed by atoms with Crippen LogP contribution in [0.2, 0.25) is 5.02 Å². The monoisotopic (exact) mass is 381 g/mol. The quantitative estimate of drug-likeness (QED) is 0.766. The van der Waals surface area contributed by atoms with Crippen molar-refractivity contribution in [3.8, 4) is 0 Å². The van der Waals surface area contributed by atoms with Gasteiger partial charge in [0.05, 0.1) is 11.4 Å². The lowest BCUT2D eigenvalue weighted by atomic mass is 9.95. The number of halogens is 1. The molecule has 0 N–H and O–H groups in total. The maximum Gasteiger partial charge on any atom is 0.259 e. The van der Waals surface area contributed by atoms with Crippen LogP contribution in [0.4, 0.5) is 11.4 Å². The molecule has 1 fully saturated rings. The average molecular weight is 382 g/mol. The summed E-state index contributed by atoms with van der Waals surface area (Å²) in [6.45, 7) is 3.16. The van der Waals surface area contributed by atoms with E-state index in [1.54, 1.807) is 48.5 Å². The van der Waals surface area contributed by atoms with Crippen LogP contribution in [0.25, 0.3) is 0 Å². The van der Waals surface area contributed by atoms with Crippen molar-refractivity contribution < 1.29 is 14.4 Å². The molecule has 7 heteroatoms. The Balaban J connectivity index is 1.85. The minimum Gasteiger partial charge on any atom is -0.293 e. The molecule has 6 nitrogen and oxygen atoms in total. The van der Waals surface area contributed by atoms with E-state index in [1.807, 2.05) is 6.92 Å². The summed E-state index contributed by atoms with van der Waals surface area (Å²) in [5.74, 6) is -2.10. The van der Waals surface area contributed by atoms with Crippen molar-refractivity contribution >= 4 is 46.3 Å². The molecule has 0 radical (unpaired) electrons. The summed E-state index contributed by atoms with van der Waals surface area (Å²) in [6.07, 6.45) is 0. The van der Waals surface area contributed by atoms with Crippen LogP contribution in [0.5, 0.6) is 0 Å². The van der Waals surface area contributed by atoms with Crippen molar-refractivity contribution in [2.45, 2.75) is 19.9 Å². The van der Waals surface area contributed by atoms with Gasteiger partial charge in [-0.25, -0.2) is 4.90 Å². The zero-order chi connectivity index (χ0) is 19.3. The summed E-state index contributed by atoms with van der Waals surface area (Å²) >= 11 is 6.22. The summed E-state index contributed by atoms with van der Waals surface area (Å²) in [6, 6.07) is 13.1. The van der Waals surface area contributed by atoms with Crippen LogP contribution < -0.4 is 9.91 Å². The lowest BCUT2D eigenvalue weighted by molar-refractivity contribution is -0.122. The van der Waals surface area contributed by atoms with E-state index in [0.29, 0.717) is 16.4 Å². The van der Waals surface area contributed by atoms with Crippen molar-refractivity contribution in [3.63, 3.8) is 0 Å². The molecule has 4 rings (SSSR count). The molecule has 0 aromatic heterocycles. The number of hydrazone groups is 1. The first-order valence-corrected chi connectivity index (χ1v) is 8.86. The molecule has 0 spiro atoms. The summed E-state index contributed by atoms with van der Waals surface area (Å²) in [5.41, 5.74) is 1.90. The Labute approximate surface area is 161 Å². The van der Waals surface area contributed by atoms with E-state index in [2.05, 4.69) is 5.10 Å². The highest BCUT2D eigenvalue weighted by Gasteiger charge is 2.58. The minimum atomic E-state index is -0.923. The van der Waals surface area contributed by atoms with E-state index >= 15 is 0 Å². The number of Topliss-reactive ketones (excluding diaryl/α,β-unsaturated/α-hetero) is 1. The molecule has 2 aromatic rings. The molecule has 2 heterocycles. The Kier molecular flexibility index (Phi) is 4.08. The van der Waals surface area contributed by atoms with Crippen molar-refractivity contribution in [2.24, 2.45) is 11.0 Å². The number of hydrogen-bond acceptors (Lipinski definition) is 5. The molecule has 2 aliphatic rings. The molecular weight excluding hydrogens is 366 g/mol. The normalized spacial score (nSPS) is 21.5. The van der Waals surface area contributed by atoms with Crippen LogP contribution in [0.1, 0.15) is 12.5 Å². The van der Waals surface area contributed by atoms with Crippen LogP contribution in [0.3, 0.4) is 0 Å². The number of carbonyl (C=O) groups excluding carboxylic acids is 3. The molecule has 2 aliphatic heterocycles. The lowest BCUT2D eigenvalue weighted by Gasteiger charge is -2.24. The number of carbonyl (C=O) groups is 3. The van der Waals surface area contributed by atoms with Gasteiger partial charge in [0.1, 0.15) is 17.7 Å². The number of para-hydroxylation sites is 1. The average Bonchev–Trinajstić information content (AvgIpc) is 3.16. The first-order valence-electron chi connectivity index (χ1n) is 8.48. The fourth-order valence-corrected chi connectivity index (χ4v) is 3.75. The number of ketones is 1. The van der Waals surface area contributed by atoms with E-state index in [0.717, 1.165) is 10.5 Å². The third kappa shape index (κ3) is 2.56. The number of hydrogen-bond donors (Lipinski definition) is 0. The van der Waals surface area contributed by atoms with Gasteiger partial charge in [0, 0.05) is 11.9 Å². The summed E-state index contributed by atoms with van der Waals surface area (Å²) in [7, 11) is 0. The Morgan fingerprint density at radius 3 is 2.41 bits per heavy atom. The molecule has 0 aliphatic carbocycles. The maximum absolute atomic E-state index is 13.2. The van der Waals surface area contributed by atoms with Crippen LogP contribution >= 0.6 is 11.6 Å². The van der Waals surface area contributed by atoms with E-state index < -0.39 is 23.8 Å². The van der Waals surface area contributed by atoms with E-state index in [1.165, 1.54) is 11.9 Å². The molecule has 2 amide bonds. The van der Waals surface area contributed by atoms with Gasteiger partial charge in [-0.3, -0.25) is 19.4 Å². The lowest BCUT2D eigenvalue weighted by Crippen LogP contribution is -2.39. The second-order valence-corrected chi connectivity index (χ2v) is 6.95. The van der Waals surface area contributed by atoms with Crippen molar-refractivity contribution in [1.29, 1.82) is 0 Å². The zero-order valence-electron chi connectivity index (χ0n) is 14.7. The number of rotatable bonds is 3. The van der Waals surface area contributed by atoms with Crippen LogP contribution in [-0.2, 0) is 14.4 Å². The predicted octanol–water partition coefficient (Wildman–Crippen LogP) is 2.97. The molecule has 2 aromatic carbocycles. The van der Waals surface area contributed by atoms with E-state index in [-0.39, 0.29) is 11.5 Å². The third-order valence-electron chi connectivity index (χ3n) is 4.91.